The Labute approximate surface area is 139 Å². The van der Waals surface area contributed by atoms with Gasteiger partial charge in [0.15, 0.2) is 0 Å². The van der Waals surface area contributed by atoms with Crippen LogP contribution in [0.1, 0.15) is 18.4 Å². The first-order chi connectivity index (χ1) is 11.6. The fourth-order valence-electron chi connectivity index (χ4n) is 3.22. The van der Waals surface area contributed by atoms with E-state index in [4.69, 9.17) is 0 Å². The molecule has 24 heavy (non-hydrogen) atoms. The first kappa shape index (κ1) is 16.4. The quantitative estimate of drug-likeness (QED) is 0.656. The highest BCUT2D eigenvalue weighted by Crippen LogP contribution is 2.34. The summed E-state index contributed by atoms with van der Waals surface area (Å²) in [6.45, 7) is 0.142. The molecule has 1 aromatic carbocycles. The summed E-state index contributed by atoms with van der Waals surface area (Å²) < 4.78 is 12.8. The highest BCUT2D eigenvalue weighted by molar-refractivity contribution is 6.07. The number of amides is 3. The second-order valence-corrected chi connectivity index (χ2v) is 6.14. The number of allylic oxidation sites excluding steroid dienone is 2. The van der Waals surface area contributed by atoms with E-state index in [0.29, 0.717) is 25.8 Å². The van der Waals surface area contributed by atoms with Crippen molar-refractivity contribution in [3.8, 4) is 0 Å². The third kappa shape index (κ3) is 3.37. The van der Waals surface area contributed by atoms with Gasteiger partial charge in [0.25, 0.3) is 0 Å². The molecule has 0 bridgehead atoms. The topological polar surface area (TPSA) is 66.5 Å². The molecule has 2 atom stereocenters. The second kappa shape index (κ2) is 6.95. The number of hydrogen-bond donors (Lipinski definition) is 1. The van der Waals surface area contributed by atoms with Gasteiger partial charge in [0.2, 0.25) is 17.7 Å². The molecule has 1 heterocycles. The number of fused-ring (bicyclic) bond motifs is 1. The zero-order valence-electron chi connectivity index (χ0n) is 13.2. The fourth-order valence-corrected chi connectivity index (χ4v) is 3.22. The Morgan fingerprint density at radius 2 is 1.67 bits per heavy atom. The highest BCUT2D eigenvalue weighted by atomic mass is 19.1. The van der Waals surface area contributed by atoms with Crippen LogP contribution in [0.4, 0.5) is 4.39 Å². The molecule has 3 amide bonds. The van der Waals surface area contributed by atoms with Gasteiger partial charge in [0, 0.05) is 6.54 Å². The van der Waals surface area contributed by atoms with Crippen LogP contribution in [0.2, 0.25) is 0 Å². The molecule has 2 aliphatic rings. The van der Waals surface area contributed by atoms with Crippen LogP contribution in [-0.2, 0) is 20.8 Å². The summed E-state index contributed by atoms with van der Waals surface area (Å²) in [7, 11) is 0. The van der Waals surface area contributed by atoms with Gasteiger partial charge in [-0.2, -0.15) is 0 Å². The molecule has 1 saturated heterocycles. The standard InChI is InChI=1S/C18H19FN2O3/c19-13-7-5-12(6-8-13)9-10-20-16(22)11-21-17(23)14-3-1-2-4-15(14)18(21)24/h1-2,5-8,14-15H,3-4,9-11H2,(H,20,22)/t14-,15-/m1/s1. The maximum Gasteiger partial charge on any atom is 0.240 e. The first-order valence-corrected chi connectivity index (χ1v) is 8.07. The Kier molecular flexibility index (Phi) is 4.74. The number of benzene rings is 1. The number of rotatable bonds is 5. The molecule has 1 aliphatic carbocycles. The van der Waals surface area contributed by atoms with Crippen LogP contribution in [-0.4, -0.2) is 35.7 Å². The molecule has 3 rings (SSSR count). The second-order valence-electron chi connectivity index (χ2n) is 6.14. The summed E-state index contributed by atoms with van der Waals surface area (Å²) >= 11 is 0. The Bertz CT molecular complexity index is 658. The van der Waals surface area contributed by atoms with E-state index in [1.807, 2.05) is 12.2 Å². The molecule has 0 saturated carbocycles. The van der Waals surface area contributed by atoms with Crippen LogP contribution in [0, 0.1) is 17.7 Å². The van der Waals surface area contributed by atoms with E-state index in [-0.39, 0.29) is 41.9 Å². The van der Waals surface area contributed by atoms with E-state index >= 15 is 0 Å². The largest absolute Gasteiger partial charge is 0.354 e. The number of hydrogen-bond acceptors (Lipinski definition) is 3. The predicted octanol–water partition coefficient (Wildman–Crippen LogP) is 1.44. The van der Waals surface area contributed by atoms with Crippen molar-refractivity contribution < 1.29 is 18.8 Å². The van der Waals surface area contributed by atoms with Crippen LogP contribution in [0.3, 0.4) is 0 Å². The van der Waals surface area contributed by atoms with Gasteiger partial charge < -0.3 is 5.32 Å². The summed E-state index contributed by atoms with van der Waals surface area (Å²) in [6, 6.07) is 6.06. The number of nitrogens with one attached hydrogen (secondary N) is 1. The van der Waals surface area contributed by atoms with E-state index in [9.17, 15) is 18.8 Å². The highest BCUT2D eigenvalue weighted by Gasteiger charge is 2.47. The lowest BCUT2D eigenvalue weighted by molar-refractivity contribution is -0.143. The number of halogens is 1. The van der Waals surface area contributed by atoms with Crippen LogP contribution in [0.5, 0.6) is 0 Å². The predicted molar refractivity (Wildman–Crippen MR) is 85.2 cm³/mol. The van der Waals surface area contributed by atoms with Crippen molar-refractivity contribution in [1.29, 1.82) is 0 Å². The normalized spacial score (nSPS) is 22.6. The Morgan fingerprint density at radius 3 is 2.25 bits per heavy atom. The molecule has 0 spiro atoms. The van der Waals surface area contributed by atoms with Crippen LogP contribution >= 0.6 is 0 Å². The number of carbonyl (C=O) groups excluding carboxylic acids is 3. The van der Waals surface area contributed by atoms with Crippen molar-refractivity contribution in [3.63, 3.8) is 0 Å². The van der Waals surface area contributed by atoms with Gasteiger partial charge in [0.1, 0.15) is 12.4 Å². The molecule has 126 valence electrons. The lowest BCUT2D eigenvalue weighted by atomic mass is 9.85. The van der Waals surface area contributed by atoms with Gasteiger partial charge in [-0.3, -0.25) is 19.3 Å². The van der Waals surface area contributed by atoms with Crippen molar-refractivity contribution >= 4 is 17.7 Å². The van der Waals surface area contributed by atoms with Gasteiger partial charge in [0.05, 0.1) is 11.8 Å². The van der Waals surface area contributed by atoms with Crippen molar-refractivity contribution in [2.75, 3.05) is 13.1 Å². The minimum atomic E-state index is -0.356. The van der Waals surface area contributed by atoms with Gasteiger partial charge >= 0.3 is 0 Å². The zero-order valence-corrected chi connectivity index (χ0v) is 13.2. The zero-order chi connectivity index (χ0) is 17.1. The minimum Gasteiger partial charge on any atom is -0.354 e. The lowest BCUT2D eigenvalue weighted by Crippen LogP contribution is -2.41. The molecular weight excluding hydrogens is 311 g/mol. The summed E-state index contributed by atoms with van der Waals surface area (Å²) in [5.74, 6) is -1.77. The third-order valence-corrected chi connectivity index (χ3v) is 4.55. The van der Waals surface area contributed by atoms with Crippen molar-refractivity contribution in [2.24, 2.45) is 11.8 Å². The Balaban J connectivity index is 1.49. The van der Waals surface area contributed by atoms with Gasteiger partial charge in [-0.25, -0.2) is 4.39 Å². The third-order valence-electron chi connectivity index (χ3n) is 4.55. The molecular formula is C18H19FN2O3. The lowest BCUT2D eigenvalue weighted by Gasteiger charge is -2.14. The summed E-state index contributed by atoms with van der Waals surface area (Å²) in [6.07, 6.45) is 5.52. The maximum absolute atomic E-state index is 12.8. The summed E-state index contributed by atoms with van der Waals surface area (Å²) in [5, 5.41) is 2.70. The average Bonchev–Trinajstić information content (AvgIpc) is 2.82. The molecule has 1 aromatic rings. The number of likely N-dealkylation sites (tertiary alicyclic amines) is 1. The van der Waals surface area contributed by atoms with Crippen molar-refractivity contribution in [3.05, 3.63) is 47.8 Å². The van der Waals surface area contributed by atoms with Gasteiger partial charge in [-0.05, 0) is 37.0 Å². The number of nitrogens with zero attached hydrogens (tertiary/aromatic N) is 1. The molecule has 6 heteroatoms. The van der Waals surface area contributed by atoms with Crippen LogP contribution in [0.25, 0.3) is 0 Å². The fraction of sp³-hybridized carbons (Fsp3) is 0.389. The molecule has 1 aliphatic heterocycles. The summed E-state index contributed by atoms with van der Waals surface area (Å²) in [5.41, 5.74) is 0.905. The summed E-state index contributed by atoms with van der Waals surface area (Å²) in [4.78, 5) is 37.6. The molecule has 1 N–H and O–H groups in total. The monoisotopic (exact) mass is 330 g/mol. The average molecular weight is 330 g/mol. The molecule has 5 nitrogen and oxygen atoms in total. The van der Waals surface area contributed by atoms with E-state index in [2.05, 4.69) is 5.32 Å². The molecule has 1 fully saturated rings. The SMILES string of the molecule is O=C(CN1C(=O)[C@@H]2CC=CC[C@H]2C1=O)NCCc1ccc(F)cc1. The van der Waals surface area contributed by atoms with Gasteiger partial charge in [-0.15, -0.1) is 0 Å². The molecule has 0 radical (unpaired) electrons. The van der Waals surface area contributed by atoms with Crippen LogP contribution < -0.4 is 5.32 Å². The smallest absolute Gasteiger partial charge is 0.240 e. The minimum absolute atomic E-state index is 0.228. The molecule has 0 unspecified atom stereocenters. The number of imide groups is 1. The first-order valence-electron chi connectivity index (χ1n) is 8.07. The van der Waals surface area contributed by atoms with E-state index in [0.717, 1.165) is 10.5 Å². The van der Waals surface area contributed by atoms with Crippen molar-refractivity contribution in [2.45, 2.75) is 19.3 Å². The van der Waals surface area contributed by atoms with E-state index in [1.165, 1.54) is 12.1 Å². The number of carbonyl (C=O) groups is 3. The maximum atomic E-state index is 12.8. The van der Waals surface area contributed by atoms with Crippen LogP contribution in [0.15, 0.2) is 36.4 Å². The van der Waals surface area contributed by atoms with Gasteiger partial charge in [-0.1, -0.05) is 24.3 Å². The van der Waals surface area contributed by atoms with E-state index < -0.39 is 0 Å². The molecule has 0 aromatic heterocycles. The Hall–Kier alpha value is -2.50. The Morgan fingerprint density at radius 1 is 1.08 bits per heavy atom. The van der Waals surface area contributed by atoms with E-state index in [1.54, 1.807) is 12.1 Å². The van der Waals surface area contributed by atoms with Crippen molar-refractivity contribution in [1.82, 2.24) is 10.2 Å².